The first kappa shape index (κ1) is 44.2. The zero-order chi connectivity index (χ0) is 38.2. The molecule has 0 unspecified atom stereocenters. The molecule has 2 radical (unpaired) electrons. The summed E-state index contributed by atoms with van der Waals surface area (Å²) in [6.45, 7) is 22.5. The number of benzene rings is 4. The third-order valence-corrected chi connectivity index (χ3v) is 9.70. The summed E-state index contributed by atoms with van der Waals surface area (Å²) in [6.07, 6.45) is 6.82. The zero-order valence-corrected chi connectivity index (χ0v) is 38.4. The molecule has 0 fully saturated rings. The van der Waals surface area contributed by atoms with Gasteiger partial charge in [0.1, 0.15) is 0 Å². The molecule has 6 aromatic carbocycles. The first-order chi connectivity index (χ1) is 25.1. The Morgan fingerprint density at radius 3 is 1.21 bits per heavy atom. The first-order valence-corrected chi connectivity index (χ1v) is 27.6. The monoisotopic (exact) mass is 824 g/mol. The first-order valence-electron chi connectivity index (χ1n) is 19.3. The molecule has 6 aromatic rings. The maximum atomic E-state index is 4.93. The van der Waals surface area contributed by atoms with Crippen molar-refractivity contribution in [2.45, 2.75) is 119 Å². The molecule has 0 amide bonds. The minimum atomic E-state index is -0.826. The molecule has 0 N–H and O–H groups in total. The van der Waals surface area contributed by atoms with Crippen molar-refractivity contribution in [1.29, 1.82) is 0 Å². The van der Waals surface area contributed by atoms with Gasteiger partial charge in [-0.25, -0.2) is 0 Å². The van der Waals surface area contributed by atoms with Gasteiger partial charge in [-0.05, 0) is 59.8 Å². The van der Waals surface area contributed by atoms with Crippen LogP contribution < -0.4 is 0 Å². The van der Waals surface area contributed by atoms with E-state index in [2.05, 4.69) is 166 Å². The van der Waals surface area contributed by atoms with Crippen LogP contribution in [0.3, 0.4) is 0 Å². The number of hydrogen-bond acceptors (Lipinski definition) is 0. The second kappa shape index (κ2) is 22.9. The molecule has 0 aliphatic heterocycles. The van der Waals surface area contributed by atoms with Gasteiger partial charge in [-0.3, -0.25) is 0 Å². The molecule has 0 bridgehead atoms. The van der Waals surface area contributed by atoms with E-state index in [4.69, 9.17) is 17.0 Å². The van der Waals surface area contributed by atoms with Crippen molar-refractivity contribution in [1.82, 2.24) is 0 Å². The van der Waals surface area contributed by atoms with Gasteiger partial charge in [-0.1, -0.05) is 152 Å². The van der Waals surface area contributed by atoms with Gasteiger partial charge in [0.05, 0.1) is 0 Å². The van der Waals surface area contributed by atoms with Crippen LogP contribution in [0, 0.1) is 0 Å². The Labute approximate surface area is 338 Å². The summed E-state index contributed by atoms with van der Waals surface area (Å²) < 4.78 is 0. The molecule has 0 nitrogen and oxygen atoms in total. The van der Waals surface area contributed by atoms with Crippen molar-refractivity contribution in [2.75, 3.05) is 0 Å². The topological polar surface area (TPSA) is 0 Å². The van der Waals surface area contributed by atoms with Crippen LogP contribution in [0.4, 0.5) is 0 Å². The van der Waals surface area contributed by atoms with Crippen LogP contribution in [-0.4, -0.2) is 9.52 Å². The third-order valence-electron chi connectivity index (χ3n) is 9.70. The molecule has 0 saturated carbocycles. The number of aryl methyl sites for hydroxylation is 4. The number of fused-ring (bicyclic) bond motifs is 2. The standard InChI is InChI=1S/2C23H27.C2H6Si.2ClH.Zr/c2*1-5-9-18-12-13-19-14-20(16(3)4)15-22(19)23(18)21-11-8-7-10-17(21)6-2;1-3-2;;;/h2*7-8,10-16H,5-6,9H2,1-4H3;1-2H3;2*1H;/q2*-1;;;;+4/p-2. The van der Waals surface area contributed by atoms with E-state index in [1.54, 1.807) is 0 Å². The van der Waals surface area contributed by atoms with Gasteiger partial charge in [0.2, 0.25) is 0 Å². The Morgan fingerprint density at radius 2 is 0.904 bits per heavy atom. The van der Waals surface area contributed by atoms with Crippen LogP contribution in [-0.2, 0) is 46.5 Å². The van der Waals surface area contributed by atoms with E-state index >= 15 is 0 Å². The fourth-order valence-corrected chi connectivity index (χ4v) is 7.10. The summed E-state index contributed by atoms with van der Waals surface area (Å²) in [5.74, 6) is 1.15. The Hall–Kier alpha value is -2.22. The van der Waals surface area contributed by atoms with E-state index in [-0.39, 0.29) is 0 Å². The normalized spacial score (nSPS) is 10.7. The van der Waals surface area contributed by atoms with Crippen molar-refractivity contribution in [3.63, 3.8) is 0 Å². The number of hydrogen-bond donors (Lipinski definition) is 0. The van der Waals surface area contributed by atoms with E-state index in [9.17, 15) is 0 Å². The third kappa shape index (κ3) is 11.4. The molecular formula is C48H60Cl2SiZr. The van der Waals surface area contributed by atoms with Crippen LogP contribution >= 0.6 is 17.0 Å². The zero-order valence-electron chi connectivity index (χ0n) is 33.4. The molecule has 0 atom stereocenters. The van der Waals surface area contributed by atoms with Gasteiger partial charge in [0.25, 0.3) is 0 Å². The number of rotatable bonds is 10. The van der Waals surface area contributed by atoms with Crippen molar-refractivity contribution < 1.29 is 20.8 Å². The van der Waals surface area contributed by atoms with E-state index < -0.39 is 20.8 Å². The van der Waals surface area contributed by atoms with Gasteiger partial charge in [0.15, 0.2) is 0 Å². The average Bonchev–Trinajstić information content (AvgIpc) is 3.78. The Balaban J connectivity index is 0.000000244. The van der Waals surface area contributed by atoms with Crippen molar-refractivity contribution in [2.24, 2.45) is 0 Å². The van der Waals surface area contributed by atoms with Gasteiger partial charge in [-0.15, -0.1) is 69.1 Å². The Kier molecular flexibility index (Phi) is 19.4. The van der Waals surface area contributed by atoms with Crippen molar-refractivity contribution in [3.8, 4) is 22.3 Å². The summed E-state index contributed by atoms with van der Waals surface area (Å²) in [6, 6.07) is 36.7. The van der Waals surface area contributed by atoms with E-state index in [1.807, 2.05) is 0 Å². The predicted molar refractivity (Wildman–Crippen MR) is 234 cm³/mol. The van der Waals surface area contributed by atoms with Crippen molar-refractivity contribution in [3.05, 3.63) is 130 Å². The van der Waals surface area contributed by atoms with Gasteiger partial charge < -0.3 is 0 Å². The van der Waals surface area contributed by atoms with Crippen LogP contribution in [0.25, 0.3) is 43.8 Å². The molecule has 0 spiro atoms. The Bertz CT molecular complexity index is 1800. The predicted octanol–water partition coefficient (Wildman–Crippen LogP) is 15.9. The van der Waals surface area contributed by atoms with Crippen LogP contribution in [0.1, 0.15) is 113 Å². The van der Waals surface area contributed by atoms with Crippen LogP contribution in [0.5, 0.6) is 0 Å². The summed E-state index contributed by atoms with van der Waals surface area (Å²) >= 11 is -0.826. The van der Waals surface area contributed by atoms with Gasteiger partial charge in [-0.2, -0.15) is 12.1 Å². The SMILES string of the molecule is CCCc1ccc2[cH-]c(C(C)C)cc2c1-c1ccccc1CC.CCCc1ccc2[cH-]c(C(C)C)cc2c1-c1ccccc1CC.C[Si]C.[Cl][Zr+2][Cl]. The molecule has 4 heteroatoms. The molecular weight excluding hydrogens is 767 g/mol. The molecule has 0 aromatic heterocycles. The average molecular weight is 827 g/mol. The molecule has 52 heavy (non-hydrogen) atoms. The second-order valence-electron chi connectivity index (χ2n) is 14.2. The van der Waals surface area contributed by atoms with Gasteiger partial charge >= 0.3 is 37.9 Å². The van der Waals surface area contributed by atoms with E-state index in [0.717, 1.165) is 35.2 Å². The summed E-state index contributed by atoms with van der Waals surface area (Å²) in [7, 11) is 11.0. The molecule has 0 saturated heterocycles. The summed E-state index contributed by atoms with van der Waals surface area (Å²) in [5, 5.41) is 5.63. The fourth-order valence-electron chi connectivity index (χ4n) is 7.10. The minimum absolute atomic E-state index is 0.575. The summed E-state index contributed by atoms with van der Waals surface area (Å²) in [4.78, 5) is 0. The van der Waals surface area contributed by atoms with Crippen LogP contribution in [0.2, 0.25) is 13.1 Å². The quantitative estimate of drug-likeness (QED) is 0.0953. The molecule has 6 rings (SSSR count). The van der Waals surface area contributed by atoms with E-state index in [0.29, 0.717) is 11.8 Å². The molecule has 274 valence electrons. The molecule has 0 heterocycles. The van der Waals surface area contributed by atoms with Crippen LogP contribution in [0.15, 0.2) is 97.1 Å². The molecule has 0 aliphatic carbocycles. The molecule has 0 aliphatic rings. The van der Waals surface area contributed by atoms with Gasteiger partial charge in [0, 0.05) is 9.52 Å². The Morgan fingerprint density at radius 1 is 0.558 bits per heavy atom. The summed E-state index contributed by atoms with van der Waals surface area (Å²) in [5.41, 5.74) is 14.5. The fraction of sp³-hybridized carbons (Fsp3) is 0.375. The van der Waals surface area contributed by atoms with Crippen molar-refractivity contribution >= 4 is 48.1 Å². The number of halogens is 2. The van der Waals surface area contributed by atoms with E-state index in [1.165, 1.54) is 90.0 Å². The maximum absolute atomic E-state index is 4.93. The second-order valence-corrected chi connectivity index (χ2v) is 18.9.